The summed E-state index contributed by atoms with van der Waals surface area (Å²) in [5.41, 5.74) is 3.94. The zero-order valence-electron chi connectivity index (χ0n) is 10.0. The molecule has 2 rings (SSSR count). The average molecular weight is 327 g/mol. The van der Waals surface area contributed by atoms with Crippen LogP contribution in [0.25, 0.3) is 0 Å². The minimum Gasteiger partial charge on any atom is -0.271 e. The van der Waals surface area contributed by atoms with E-state index in [4.69, 9.17) is 5.84 Å². The normalized spacial score (nSPS) is 12.4. The van der Waals surface area contributed by atoms with Crippen LogP contribution in [0.3, 0.4) is 0 Å². The number of benzene rings is 2. The molecule has 100 valence electrons. The molecular formula is C14H13BrF2N2. The number of nitrogens with one attached hydrogen (secondary N) is 1. The van der Waals surface area contributed by atoms with E-state index in [1.54, 1.807) is 24.3 Å². The van der Waals surface area contributed by atoms with E-state index in [-0.39, 0.29) is 17.7 Å². The Bertz CT molecular complexity index is 575. The molecule has 19 heavy (non-hydrogen) atoms. The fraction of sp³-hybridized carbons (Fsp3) is 0.143. The molecule has 0 fully saturated rings. The Morgan fingerprint density at radius 1 is 1.16 bits per heavy atom. The molecule has 0 saturated heterocycles. The summed E-state index contributed by atoms with van der Waals surface area (Å²) in [5.74, 6) is 4.86. The van der Waals surface area contributed by atoms with Crippen molar-refractivity contribution in [1.29, 1.82) is 0 Å². The Labute approximate surface area is 118 Å². The molecule has 0 radical (unpaired) electrons. The van der Waals surface area contributed by atoms with Crippen molar-refractivity contribution < 1.29 is 8.78 Å². The molecule has 2 aromatic carbocycles. The number of rotatable bonds is 4. The maximum atomic E-state index is 13.7. The molecule has 0 aliphatic carbocycles. The number of hydrogen-bond donors (Lipinski definition) is 2. The van der Waals surface area contributed by atoms with Gasteiger partial charge in [0.05, 0.1) is 6.04 Å². The summed E-state index contributed by atoms with van der Waals surface area (Å²) >= 11 is 3.29. The summed E-state index contributed by atoms with van der Waals surface area (Å²) < 4.78 is 27.4. The molecule has 1 atom stereocenters. The number of hydrogen-bond acceptors (Lipinski definition) is 2. The van der Waals surface area contributed by atoms with Crippen molar-refractivity contribution in [3.05, 3.63) is 69.7 Å². The zero-order valence-corrected chi connectivity index (χ0v) is 11.6. The SMILES string of the molecule is NNC(Cc1ccc(F)cc1Br)c1ccccc1F. The van der Waals surface area contributed by atoms with Crippen LogP contribution in [0.15, 0.2) is 46.9 Å². The van der Waals surface area contributed by atoms with Crippen LogP contribution in [0.1, 0.15) is 17.2 Å². The second-order valence-electron chi connectivity index (χ2n) is 4.18. The van der Waals surface area contributed by atoms with Gasteiger partial charge in [0.2, 0.25) is 0 Å². The first-order valence-corrected chi connectivity index (χ1v) is 6.55. The van der Waals surface area contributed by atoms with Crippen molar-refractivity contribution in [3.63, 3.8) is 0 Å². The van der Waals surface area contributed by atoms with E-state index in [0.717, 1.165) is 5.56 Å². The molecule has 5 heteroatoms. The van der Waals surface area contributed by atoms with Crippen LogP contribution in [0.4, 0.5) is 8.78 Å². The summed E-state index contributed by atoms with van der Waals surface area (Å²) in [6.45, 7) is 0. The van der Waals surface area contributed by atoms with E-state index in [9.17, 15) is 8.78 Å². The lowest BCUT2D eigenvalue weighted by Crippen LogP contribution is -2.30. The Hall–Kier alpha value is -1.30. The Morgan fingerprint density at radius 2 is 1.89 bits per heavy atom. The fourth-order valence-electron chi connectivity index (χ4n) is 1.92. The summed E-state index contributed by atoms with van der Waals surface area (Å²) in [5, 5.41) is 0. The minimum absolute atomic E-state index is 0.316. The predicted octanol–water partition coefficient (Wildman–Crippen LogP) is 3.47. The third-order valence-electron chi connectivity index (χ3n) is 2.92. The standard InChI is InChI=1S/C14H13BrF2N2/c15-12-8-10(16)6-5-9(12)7-14(19-18)11-3-1-2-4-13(11)17/h1-6,8,14,19H,7,18H2. The van der Waals surface area contributed by atoms with E-state index in [0.29, 0.717) is 16.5 Å². The number of nitrogens with two attached hydrogens (primary N) is 1. The van der Waals surface area contributed by atoms with E-state index < -0.39 is 0 Å². The third-order valence-corrected chi connectivity index (χ3v) is 3.66. The van der Waals surface area contributed by atoms with Gasteiger partial charge < -0.3 is 0 Å². The van der Waals surface area contributed by atoms with Gasteiger partial charge in [-0.15, -0.1) is 0 Å². The third kappa shape index (κ3) is 3.37. The van der Waals surface area contributed by atoms with Gasteiger partial charge in [0.15, 0.2) is 0 Å². The average Bonchev–Trinajstić information content (AvgIpc) is 2.39. The monoisotopic (exact) mass is 326 g/mol. The molecule has 0 aromatic heterocycles. The van der Waals surface area contributed by atoms with E-state index in [1.807, 2.05) is 0 Å². The van der Waals surface area contributed by atoms with Gasteiger partial charge >= 0.3 is 0 Å². The second-order valence-corrected chi connectivity index (χ2v) is 5.03. The fourth-order valence-corrected chi connectivity index (χ4v) is 2.44. The predicted molar refractivity (Wildman–Crippen MR) is 74.3 cm³/mol. The molecular weight excluding hydrogens is 314 g/mol. The van der Waals surface area contributed by atoms with Gasteiger partial charge in [-0.25, -0.2) is 8.78 Å². The molecule has 0 saturated carbocycles. The van der Waals surface area contributed by atoms with Crippen LogP contribution in [-0.4, -0.2) is 0 Å². The Balaban J connectivity index is 2.27. The molecule has 2 aromatic rings. The van der Waals surface area contributed by atoms with Gasteiger partial charge in [-0.05, 0) is 30.2 Å². The van der Waals surface area contributed by atoms with Crippen molar-refractivity contribution >= 4 is 15.9 Å². The van der Waals surface area contributed by atoms with Crippen LogP contribution in [0, 0.1) is 11.6 Å². The maximum absolute atomic E-state index is 13.7. The first-order valence-electron chi connectivity index (χ1n) is 5.76. The van der Waals surface area contributed by atoms with Gasteiger partial charge in [-0.2, -0.15) is 0 Å². The van der Waals surface area contributed by atoms with Gasteiger partial charge in [0.25, 0.3) is 0 Å². The van der Waals surface area contributed by atoms with Crippen molar-refractivity contribution in [2.24, 2.45) is 5.84 Å². The highest BCUT2D eigenvalue weighted by Crippen LogP contribution is 2.25. The minimum atomic E-state index is -0.372. The molecule has 0 amide bonds. The van der Waals surface area contributed by atoms with Crippen molar-refractivity contribution in [3.8, 4) is 0 Å². The summed E-state index contributed by atoms with van der Waals surface area (Å²) in [7, 11) is 0. The first-order chi connectivity index (χ1) is 9.11. The Kier molecular flexibility index (Phi) is 4.63. The summed E-state index contributed by atoms with van der Waals surface area (Å²) in [6.07, 6.45) is 0.457. The molecule has 0 aliphatic rings. The topological polar surface area (TPSA) is 38.0 Å². The van der Waals surface area contributed by atoms with E-state index in [1.165, 1.54) is 18.2 Å². The largest absolute Gasteiger partial charge is 0.271 e. The lowest BCUT2D eigenvalue weighted by molar-refractivity contribution is 0.509. The smallest absolute Gasteiger partial charge is 0.128 e. The molecule has 0 bridgehead atoms. The second kappa shape index (κ2) is 6.23. The van der Waals surface area contributed by atoms with Crippen LogP contribution >= 0.6 is 15.9 Å². The van der Waals surface area contributed by atoms with E-state index in [2.05, 4.69) is 21.4 Å². The van der Waals surface area contributed by atoms with Gasteiger partial charge in [0.1, 0.15) is 11.6 Å². The molecule has 0 spiro atoms. The highest BCUT2D eigenvalue weighted by atomic mass is 79.9. The number of hydrazine groups is 1. The maximum Gasteiger partial charge on any atom is 0.128 e. The number of halogens is 3. The highest BCUT2D eigenvalue weighted by Gasteiger charge is 2.16. The van der Waals surface area contributed by atoms with Crippen molar-refractivity contribution in [2.75, 3.05) is 0 Å². The quantitative estimate of drug-likeness (QED) is 0.667. The van der Waals surface area contributed by atoms with Crippen molar-refractivity contribution in [1.82, 2.24) is 5.43 Å². The van der Waals surface area contributed by atoms with Crippen molar-refractivity contribution in [2.45, 2.75) is 12.5 Å². The van der Waals surface area contributed by atoms with Crippen LogP contribution in [-0.2, 0) is 6.42 Å². The van der Waals surface area contributed by atoms with Gasteiger partial charge in [-0.1, -0.05) is 40.2 Å². The van der Waals surface area contributed by atoms with Crippen LogP contribution in [0.5, 0.6) is 0 Å². The molecule has 3 N–H and O–H groups in total. The summed E-state index contributed by atoms with van der Waals surface area (Å²) in [6, 6.07) is 10.5. The van der Waals surface area contributed by atoms with Crippen LogP contribution in [0.2, 0.25) is 0 Å². The first kappa shape index (κ1) is 14.1. The van der Waals surface area contributed by atoms with Gasteiger partial charge in [0, 0.05) is 10.0 Å². The molecule has 0 aliphatic heterocycles. The summed E-state index contributed by atoms with van der Waals surface area (Å²) in [4.78, 5) is 0. The van der Waals surface area contributed by atoms with Gasteiger partial charge in [-0.3, -0.25) is 11.3 Å². The lowest BCUT2D eigenvalue weighted by Gasteiger charge is -2.18. The Morgan fingerprint density at radius 3 is 2.53 bits per heavy atom. The van der Waals surface area contributed by atoms with E-state index >= 15 is 0 Å². The molecule has 1 unspecified atom stereocenters. The lowest BCUT2D eigenvalue weighted by atomic mass is 9.99. The molecule has 0 heterocycles. The zero-order chi connectivity index (χ0) is 13.8. The highest BCUT2D eigenvalue weighted by molar-refractivity contribution is 9.10. The molecule has 2 nitrogen and oxygen atoms in total. The van der Waals surface area contributed by atoms with Crippen LogP contribution < -0.4 is 11.3 Å².